The first-order valence-electron chi connectivity index (χ1n) is 7.75. The third-order valence-corrected chi connectivity index (χ3v) is 5.66. The van der Waals surface area contributed by atoms with Crippen molar-refractivity contribution in [3.63, 3.8) is 0 Å². The zero-order chi connectivity index (χ0) is 15.3. The van der Waals surface area contributed by atoms with Crippen molar-refractivity contribution in [2.45, 2.75) is 39.2 Å². The van der Waals surface area contributed by atoms with Gasteiger partial charge in [-0.1, -0.05) is 26.0 Å². The van der Waals surface area contributed by atoms with Crippen molar-refractivity contribution in [1.29, 1.82) is 0 Å². The fourth-order valence-corrected chi connectivity index (χ4v) is 4.07. The third-order valence-electron chi connectivity index (χ3n) is 3.85. The molecule has 0 saturated carbocycles. The van der Waals surface area contributed by atoms with Crippen LogP contribution in [0.3, 0.4) is 0 Å². The molecule has 0 spiro atoms. The van der Waals surface area contributed by atoms with Crippen LogP contribution in [0.5, 0.6) is 5.75 Å². The molecule has 0 radical (unpaired) electrons. The average molecular weight is 311 g/mol. The lowest BCUT2D eigenvalue weighted by Gasteiger charge is -2.14. The van der Waals surface area contributed by atoms with Gasteiger partial charge in [0.15, 0.2) is 9.84 Å². The van der Waals surface area contributed by atoms with Gasteiger partial charge < -0.3 is 10.1 Å². The Balaban J connectivity index is 2.00. The Morgan fingerprint density at radius 1 is 1.29 bits per heavy atom. The molecule has 0 saturated heterocycles. The van der Waals surface area contributed by atoms with Gasteiger partial charge >= 0.3 is 0 Å². The molecule has 1 aromatic carbocycles. The summed E-state index contributed by atoms with van der Waals surface area (Å²) in [4.78, 5) is 0. The molecule has 1 unspecified atom stereocenters. The Morgan fingerprint density at radius 2 is 2.10 bits per heavy atom. The largest absolute Gasteiger partial charge is 0.492 e. The summed E-state index contributed by atoms with van der Waals surface area (Å²) < 4.78 is 29.2. The maximum absolute atomic E-state index is 11.7. The molecule has 0 aromatic heterocycles. The minimum absolute atomic E-state index is 0.0984. The second kappa shape index (κ2) is 7.27. The highest BCUT2D eigenvalue weighted by Crippen LogP contribution is 2.36. The molecule has 0 bridgehead atoms. The number of nitrogens with one attached hydrogen (secondary N) is 1. The van der Waals surface area contributed by atoms with Crippen molar-refractivity contribution in [2.24, 2.45) is 0 Å². The second-order valence-corrected chi connectivity index (χ2v) is 7.78. The Bertz CT molecular complexity index is 569. The molecule has 1 aromatic rings. The lowest BCUT2D eigenvalue weighted by molar-refractivity contribution is 0.337. The smallest absolute Gasteiger partial charge is 0.153 e. The summed E-state index contributed by atoms with van der Waals surface area (Å²) in [6, 6.07) is 6.47. The lowest BCUT2D eigenvalue weighted by Crippen LogP contribution is -2.18. The molecule has 1 aliphatic rings. The number of hydrogen-bond donors (Lipinski definition) is 1. The molecule has 0 aliphatic heterocycles. The normalized spacial score (nSPS) is 17.7. The predicted molar refractivity (Wildman–Crippen MR) is 85.6 cm³/mol. The standard InChI is InChI=1S/C16H25NO3S/c1-3-11-21(18,19)12-10-20-16-7-5-6-13-14(16)8-9-15(13)17-4-2/h5-7,15,17H,3-4,8-12H2,1-2H3. The molecule has 1 aliphatic carbocycles. The van der Waals surface area contributed by atoms with Gasteiger partial charge in [0.25, 0.3) is 0 Å². The highest BCUT2D eigenvalue weighted by atomic mass is 32.2. The Hall–Kier alpha value is -1.07. The molecule has 1 N–H and O–H groups in total. The first-order chi connectivity index (χ1) is 10.1. The van der Waals surface area contributed by atoms with Gasteiger partial charge in [0.2, 0.25) is 0 Å². The van der Waals surface area contributed by atoms with Crippen LogP contribution in [0, 0.1) is 0 Å². The van der Waals surface area contributed by atoms with Gasteiger partial charge in [0.05, 0.1) is 11.5 Å². The van der Waals surface area contributed by atoms with Crippen LogP contribution in [0.25, 0.3) is 0 Å². The zero-order valence-electron chi connectivity index (χ0n) is 12.9. The quantitative estimate of drug-likeness (QED) is 0.801. The number of benzene rings is 1. The van der Waals surface area contributed by atoms with E-state index in [2.05, 4.69) is 18.3 Å². The third kappa shape index (κ3) is 4.20. The van der Waals surface area contributed by atoms with Crippen LogP contribution in [0.4, 0.5) is 0 Å². The van der Waals surface area contributed by atoms with Crippen LogP contribution >= 0.6 is 0 Å². The maximum atomic E-state index is 11.7. The average Bonchev–Trinajstić information content (AvgIpc) is 2.83. The molecular formula is C16H25NO3S. The first-order valence-corrected chi connectivity index (χ1v) is 9.58. The van der Waals surface area contributed by atoms with Crippen molar-refractivity contribution < 1.29 is 13.2 Å². The first kappa shape index (κ1) is 16.3. The highest BCUT2D eigenvalue weighted by Gasteiger charge is 2.24. The second-order valence-electron chi connectivity index (χ2n) is 5.47. The van der Waals surface area contributed by atoms with Crippen molar-refractivity contribution in [1.82, 2.24) is 5.32 Å². The minimum Gasteiger partial charge on any atom is -0.492 e. The van der Waals surface area contributed by atoms with E-state index in [0.29, 0.717) is 12.5 Å². The fraction of sp³-hybridized carbons (Fsp3) is 0.625. The van der Waals surface area contributed by atoms with E-state index >= 15 is 0 Å². The van der Waals surface area contributed by atoms with Crippen LogP contribution in [-0.4, -0.2) is 33.1 Å². The highest BCUT2D eigenvalue weighted by molar-refractivity contribution is 7.91. The van der Waals surface area contributed by atoms with Gasteiger partial charge in [-0.25, -0.2) is 8.42 Å². The van der Waals surface area contributed by atoms with Crippen molar-refractivity contribution in [2.75, 3.05) is 24.7 Å². The molecule has 4 nitrogen and oxygen atoms in total. The maximum Gasteiger partial charge on any atom is 0.153 e. The Morgan fingerprint density at radius 3 is 2.81 bits per heavy atom. The van der Waals surface area contributed by atoms with E-state index < -0.39 is 9.84 Å². The van der Waals surface area contributed by atoms with Crippen LogP contribution in [0.1, 0.15) is 43.9 Å². The van der Waals surface area contributed by atoms with Crippen LogP contribution in [-0.2, 0) is 16.3 Å². The summed E-state index contributed by atoms with van der Waals surface area (Å²) >= 11 is 0. The molecule has 21 heavy (non-hydrogen) atoms. The van der Waals surface area contributed by atoms with Crippen LogP contribution in [0.2, 0.25) is 0 Å². The summed E-state index contributed by atoms with van der Waals surface area (Å²) in [7, 11) is -2.97. The Kier molecular flexibility index (Phi) is 5.65. The van der Waals surface area contributed by atoms with Crippen LogP contribution < -0.4 is 10.1 Å². The summed E-state index contributed by atoms with van der Waals surface area (Å²) in [5.41, 5.74) is 2.53. The van der Waals surface area contributed by atoms with E-state index in [1.54, 1.807) is 0 Å². The van der Waals surface area contributed by atoms with Gasteiger partial charge in [-0.3, -0.25) is 0 Å². The molecule has 0 amide bonds. The van der Waals surface area contributed by atoms with Crippen LogP contribution in [0.15, 0.2) is 18.2 Å². The molecule has 1 atom stereocenters. The molecule has 2 rings (SSSR count). The minimum atomic E-state index is -2.97. The Labute approximate surface area is 127 Å². The number of fused-ring (bicyclic) bond motifs is 1. The summed E-state index contributed by atoms with van der Waals surface area (Å²) in [5, 5.41) is 3.47. The van der Waals surface area contributed by atoms with Gasteiger partial charge in [-0.15, -0.1) is 0 Å². The van der Waals surface area contributed by atoms with E-state index in [0.717, 1.165) is 25.1 Å². The van der Waals surface area contributed by atoms with Gasteiger partial charge in [0, 0.05) is 6.04 Å². The van der Waals surface area contributed by atoms with E-state index in [1.165, 1.54) is 11.1 Å². The van der Waals surface area contributed by atoms with Crippen molar-refractivity contribution in [3.8, 4) is 5.75 Å². The molecule has 0 fully saturated rings. The summed E-state index contributed by atoms with van der Waals surface area (Å²) in [6.45, 7) is 5.18. The van der Waals surface area contributed by atoms with Crippen molar-refractivity contribution in [3.05, 3.63) is 29.3 Å². The zero-order valence-corrected chi connectivity index (χ0v) is 13.7. The summed E-state index contributed by atoms with van der Waals surface area (Å²) in [6.07, 6.45) is 2.73. The lowest BCUT2D eigenvalue weighted by atomic mass is 10.1. The topological polar surface area (TPSA) is 55.4 Å². The summed E-state index contributed by atoms with van der Waals surface area (Å²) in [5.74, 6) is 1.19. The SMILES string of the molecule is CCCS(=O)(=O)CCOc1cccc2c1CCC2NCC. The number of rotatable bonds is 8. The van der Waals surface area contributed by atoms with Gasteiger partial charge in [-0.2, -0.15) is 0 Å². The molecule has 118 valence electrons. The van der Waals surface area contributed by atoms with E-state index in [1.807, 2.05) is 19.1 Å². The van der Waals surface area contributed by atoms with E-state index in [4.69, 9.17) is 4.74 Å². The van der Waals surface area contributed by atoms with E-state index in [9.17, 15) is 8.42 Å². The monoisotopic (exact) mass is 311 g/mol. The number of ether oxygens (including phenoxy) is 1. The van der Waals surface area contributed by atoms with E-state index in [-0.39, 0.29) is 18.1 Å². The number of hydrogen-bond acceptors (Lipinski definition) is 4. The molecular weight excluding hydrogens is 286 g/mol. The molecule has 0 heterocycles. The molecule has 5 heteroatoms. The fourth-order valence-electron chi connectivity index (χ4n) is 2.91. The van der Waals surface area contributed by atoms with Crippen molar-refractivity contribution >= 4 is 9.84 Å². The van der Waals surface area contributed by atoms with Gasteiger partial charge in [0.1, 0.15) is 12.4 Å². The number of sulfone groups is 1. The van der Waals surface area contributed by atoms with Gasteiger partial charge in [-0.05, 0) is 43.0 Å². The predicted octanol–water partition coefficient (Wildman–Crippen LogP) is 2.49.